The van der Waals surface area contributed by atoms with Crippen LogP contribution in [0.2, 0.25) is 39.3 Å². The molecule has 0 aromatic carbocycles. The maximum absolute atomic E-state index is 11.1. The molecule has 0 fully saturated rings. The molecule has 0 N–H and O–H groups in total. The lowest BCUT2D eigenvalue weighted by molar-refractivity contribution is 0.382. The van der Waals surface area contributed by atoms with Crippen LogP contribution in [-0.4, -0.2) is 37.4 Å². The molecule has 0 aliphatic carbocycles. The van der Waals surface area contributed by atoms with Gasteiger partial charge in [-0.2, -0.15) is 0 Å². The fourth-order valence-corrected chi connectivity index (χ4v) is 2.50. The van der Waals surface area contributed by atoms with Crippen LogP contribution in [0.25, 0.3) is 0 Å². The van der Waals surface area contributed by atoms with Crippen LogP contribution >= 0.6 is 0 Å². The van der Waals surface area contributed by atoms with Crippen molar-refractivity contribution in [3.8, 4) is 0 Å². The van der Waals surface area contributed by atoms with E-state index in [2.05, 4.69) is 4.40 Å². The number of rotatable bonds is 3. The normalized spacial score (nSPS) is 13.2. The van der Waals surface area contributed by atoms with E-state index >= 15 is 0 Å². The van der Waals surface area contributed by atoms with E-state index in [1.54, 1.807) is 0 Å². The minimum atomic E-state index is -3.49. The molecule has 0 aliphatic heterocycles. The molecule has 0 heterocycles. The van der Waals surface area contributed by atoms with E-state index in [0.29, 0.717) is 0 Å². The van der Waals surface area contributed by atoms with Gasteiger partial charge in [-0.05, 0) is 39.3 Å². The minimum absolute atomic E-state index is 0.0965. The molecule has 0 rings (SSSR count). The minimum Gasteiger partial charge on any atom is -0.506 e. The van der Waals surface area contributed by atoms with Crippen LogP contribution in [0.4, 0.5) is 0 Å². The molecule has 0 spiro atoms. The van der Waals surface area contributed by atoms with Crippen molar-refractivity contribution in [1.29, 1.82) is 0 Å². The molecule has 0 atom stereocenters. The number of nitrogens with zero attached hydrogens (tertiary/aromatic N) is 1. The van der Waals surface area contributed by atoms with Crippen molar-refractivity contribution in [2.24, 2.45) is 4.40 Å². The predicted molar refractivity (Wildman–Crippen MR) is 71.1 cm³/mol. The summed E-state index contributed by atoms with van der Waals surface area (Å²) in [6, 6.07) is 0. The highest BCUT2D eigenvalue weighted by Crippen LogP contribution is 2.11. The van der Waals surface area contributed by atoms with Crippen LogP contribution in [0.1, 0.15) is 0 Å². The first-order valence-corrected chi connectivity index (χ1v) is 13.6. The van der Waals surface area contributed by atoms with Crippen molar-refractivity contribution in [2.75, 3.05) is 6.26 Å². The molecule has 16 heavy (non-hydrogen) atoms. The molecule has 0 bridgehead atoms. The lowest BCUT2D eigenvalue weighted by atomic mass is 11.4. The van der Waals surface area contributed by atoms with Gasteiger partial charge in [-0.15, -0.1) is 0 Å². The number of hydrogen-bond acceptors (Lipinski definition) is 4. The zero-order valence-electron chi connectivity index (χ0n) is 11.0. The van der Waals surface area contributed by atoms with Crippen molar-refractivity contribution < 1.29 is 17.3 Å². The molecule has 0 aliphatic rings. The molecule has 0 unspecified atom stereocenters. The van der Waals surface area contributed by atoms with Crippen molar-refractivity contribution >= 4 is 32.7 Å². The highest BCUT2D eigenvalue weighted by Gasteiger charge is 2.26. The van der Waals surface area contributed by atoms with E-state index in [-0.39, 0.29) is 6.08 Å². The Balaban J connectivity index is 5.02. The van der Waals surface area contributed by atoms with Gasteiger partial charge in [0.1, 0.15) is 0 Å². The van der Waals surface area contributed by atoms with E-state index in [4.69, 9.17) is 8.85 Å². The van der Waals surface area contributed by atoms with Crippen molar-refractivity contribution in [3.05, 3.63) is 0 Å². The zero-order valence-corrected chi connectivity index (χ0v) is 13.8. The standard InChI is InChI=1S/C8H21NO4SSi2/c1-14(10,11)9-8(12-15(2,3)4)13-16(5,6)7/h1-7H3. The summed E-state index contributed by atoms with van der Waals surface area (Å²) in [5.41, 5.74) is 0. The van der Waals surface area contributed by atoms with Crippen molar-refractivity contribution in [3.63, 3.8) is 0 Å². The third-order valence-corrected chi connectivity index (χ3v) is 3.08. The lowest BCUT2D eigenvalue weighted by Gasteiger charge is -2.25. The van der Waals surface area contributed by atoms with E-state index in [1.807, 2.05) is 39.3 Å². The summed E-state index contributed by atoms with van der Waals surface area (Å²) < 4.78 is 36.7. The maximum Gasteiger partial charge on any atom is 0.371 e. The molecule has 0 aromatic heterocycles. The number of hydrogen-bond donors (Lipinski definition) is 0. The molecule has 0 aromatic rings. The highest BCUT2D eigenvalue weighted by molar-refractivity contribution is 7.89. The molecule has 0 saturated carbocycles. The average Bonchev–Trinajstić information content (AvgIpc) is 1.70. The van der Waals surface area contributed by atoms with Gasteiger partial charge >= 0.3 is 6.08 Å². The summed E-state index contributed by atoms with van der Waals surface area (Å²) in [6.45, 7) is 11.7. The van der Waals surface area contributed by atoms with Gasteiger partial charge in [-0.1, -0.05) is 4.40 Å². The molecule has 96 valence electrons. The molecule has 0 amide bonds. The largest absolute Gasteiger partial charge is 0.506 e. The first kappa shape index (κ1) is 15.7. The second-order valence-corrected chi connectivity index (χ2v) is 16.0. The Hall–Kier alpha value is -0.346. The van der Waals surface area contributed by atoms with Gasteiger partial charge in [-0.3, -0.25) is 0 Å². The van der Waals surface area contributed by atoms with Crippen LogP contribution in [0.5, 0.6) is 0 Å². The van der Waals surface area contributed by atoms with Gasteiger partial charge in [-0.25, -0.2) is 8.42 Å². The smallest absolute Gasteiger partial charge is 0.371 e. The second-order valence-electron chi connectivity index (χ2n) is 5.52. The van der Waals surface area contributed by atoms with Gasteiger partial charge in [0.15, 0.2) is 0 Å². The second kappa shape index (κ2) is 4.88. The Morgan fingerprint density at radius 3 is 1.44 bits per heavy atom. The Bertz CT molecular complexity index is 346. The van der Waals surface area contributed by atoms with Crippen LogP contribution in [0, 0.1) is 0 Å². The summed E-state index contributed by atoms with van der Waals surface area (Å²) in [5.74, 6) is 0. The quantitative estimate of drug-likeness (QED) is 0.451. The molecule has 8 heteroatoms. The van der Waals surface area contributed by atoms with Crippen LogP contribution in [-0.2, 0) is 18.9 Å². The predicted octanol–water partition coefficient (Wildman–Crippen LogP) is 2.00. The highest BCUT2D eigenvalue weighted by atomic mass is 32.2. The van der Waals surface area contributed by atoms with Gasteiger partial charge in [0, 0.05) is 0 Å². The molecular formula is C8H21NO4SSi2. The fraction of sp³-hybridized carbons (Fsp3) is 0.875. The van der Waals surface area contributed by atoms with E-state index in [1.165, 1.54) is 0 Å². The van der Waals surface area contributed by atoms with E-state index in [9.17, 15) is 8.42 Å². The monoisotopic (exact) mass is 283 g/mol. The van der Waals surface area contributed by atoms with E-state index < -0.39 is 26.7 Å². The molecule has 5 nitrogen and oxygen atoms in total. The van der Waals surface area contributed by atoms with Crippen LogP contribution in [0.15, 0.2) is 4.40 Å². The van der Waals surface area contributed by atoms with Gasteiger partial charge in [0.25, 0.3) is 10.0 Å². The van der Waals surface area contributed by atoms with E-state index in [0.717, 1.165) is 6.26 Å². The Morgan fingerprint density at radius 2 is 1.25 bits per heavy atom. The fourth-order valence-electron chi connectivity index (χ4n) is 0.717. The van der Waals surface area contributed by atoms with Gasteiger partial charge in [0.2, 0.25) is 16.6 Å². The Kier molecular flexibility index (Phi) is 4.78. The van der Waals surface area contributed by atoms with Crippen molar-refractivity contribution in [1.82, 2.24) is 0 Å². The summed E-state index contributed by atoms with van der Waals surface area (Å²) in [7, 11) is -7.32. The van der Waals surface area contributed by atoms with Crippen LogP contribution in [0.3, 0.4) is 0 Å². The average molecular weight is 283 g/mol. The first-order chi connectivity index (χ1) is 6.79. The van der Waals surface area contributed by atoms with Crippen LogP contribution < -0.4 is 0 Å². The maximum atomic E-state index is 11.1. The summed E-state index contributed by atoms with van der Waals surface area (Å²) in [6.07, 6.45) is 0.926. The third kappa shape index (κ3) is 10.2. The van der Waals surface area contributed by atoms with Gasteiger partial charge in [0.05, 0.1) is 6.26 Å². The topological polar surface area (TPSA) is 65.0 Å². The lowest BCUT2D eigenvalue weighted by Crippen LogP contribution is -2.37. The molecular weight excluding hydrogens is 262 g/mol. The molecule has 0 radical (unpaired) electrons. The Labute approximate surface area is 100 Å². The molecule has 0 saturated heterocycles. The number of sulfonamides is 1. The Morgan fingerprint density at radius 1 is 0.938 bits per heavy atom. The third-order valence-electron chi connectivity index (χ3n) is 1.03. The SMILES string of the molecule is C[Si](C)(C)OC(=NS(C)(=O)=O)O[Si](C)(C)C. The summed E-state index contributed by atoms with van der Waals surface area (Å²) >= 11 is 0. The first-order valence-electron chi connectivity index (χ1n) is 4.96. The van der Waals surface area contributed by atoms with Crippen molar-refractivity contribution in [2.45, 2.75) is 39.3 Å². The zero-order chi connectivity index (χ0) is 13.2. The summed E-state index contributed by atoms with van der Waals surface area (Å²) in [5, 5.41) is 0. The summed E-state index contributed by atoms with van der Waals surface area (Å²) in [4.78, 5) is 0. The van der Waals surface area contributed by atoms with Gasteiger partial charge < -0.3 is 8.85 Å².